The van der Waals surface area contributed by atoms with Crippen molar-refractivity contribution < 1.29 is 9.69 Å². The van der Waals surface area contributed by atoms with Crippen molar-refractivity contribution in [2.24, 2.45) is 0 Å². The highest BCUT2D eigenvalue weighted by atomic mass is 32.1. The van der Waals surface area contributed by atoms with E-state index < -0.39 is 0 Å². The first kappa shape index (κ1) is 19.6. The Balaban J connectivity index is 1.47. The number of benzene rings is 2. The van der Waals surface area contributed by atoms with E-state index in [-0.39, 0.29) is 23.4 Å². The van der Waals surface area contributed by atoms with Crippen LogP contribution in [0.25, 0.3) is 0 Å². The Labute approximate surface area is 174 Å². The summed E-state index contributed by atoms with van der Waals surface area (Å²) in [5.41, 5.74) is 3.45. The minimum Gasteiger partial charge on any atom is -0.330 e. The summed E-state index contributed by atoms with van der Waals surface area (Å²) in [6, 6.07) is 21.5. The Morgan fingerprint density at radius 2 is 1.55 bits per heavy atom. The highest BCUT2D eigenvalue weighted by Crippen LogP contribution is 2.19. The molecule has 3 aromatic rings. The van der Waals surface area contributed by atoms with Gasteiger partial charge in [-0.25, -0.2) is 0 Å². The van der Waals surface area contributed by atoms with Crippen LogP contribution in [0.5, 0.6) is 0 Å². The molecular formula is C23H26N3O2S+. The number of carbonyl (C=O) groups is 1. The molecule has 6 heteroatoms. The highest BCUT2D eigenvalue weighted by Gasteiger charge is 2.31. The van der Waals surface area contributed by atoms with E-state index in [0.717, 1.165) is 30.1 Å². The minimum absolute atomic E-state index is 0.0311. The van der Waals surface area contributed by atoms with E-state index in [1.54, 1.807) is 4.57 Å². The van der Waals surface area contributed by atoms with Crippen LogP contribution in [0.2, 0.25) is 0 Å². The second-order valence-electron chi connectivity index (χ2n) is 7.52. The van der Waals surface area contributed by atoms with Gasteiger partial charge in [-0.1, -0.05) is 72.0 Å². The van der Waals surface area contributed by atoms with E-state index in [2.05, 4.69) is 48.5 Å². The predicted molar refractivity (Wildman–Crippen MR) is 115 cm³/mol. The van der Waals surface area contributed by atoms with E-state index in [0.29, 0.717) is 13.1 Å². The monoisotopic (exact) mass is 408 g/mol. The molecule has 5 nitrogen and oxygen atoms in total. The molecule has 1 fully saturated rings. The van der Waals surface area contributed by atoms with Crippen molar-refractivity contribution >= 4 is 17.2 Å². The third-order valence-corrected chi connectivity index (χ3v) is 6.58. The van der Waals surface area contributed by atoms with Crippen LogP contribution in [0.3, 0.4) is 0 Å². The average Bonchev–Trinajstić information content (AvgIpc) is 3.08. The van der Waals surface area contributed by atoms with Crippen molar-refractivity contribution in [3.8, 4) is 0 Å². The van der Waals surface area contributed by atoms with Crippen LogP contribution >= 0.6 is 11.3 Å². The van der Waals surface area contributed by atoms with Gasteiger partial charge in [0.05, 0.1) is 26.2 Å². The van der Waals surface area contributed by atoms with Crippen molar-refractivity contribution in [2.75, 3.05) is 26.2 Å². The van der Waals surface area contributed by atoms with Gasteiger partial charge in [0.2, 0.25) is 5.91 Å². The summed E-state index contributed by atoms with van der Waals surface area (Å²) < 4.78 is 1.57. The van der Waals surface area contributed by atoms with Gasteiger partial charge in [-0.05, 0) is 6.92 Å². The molecule has 1 N–H and O–H groups in total. The number of piperazine rings is 1. The fourth-order valence-electron chi connectivity index (χ4n) is 4.12. The summed E-state index contributed by atoms with van der Waals surface area (Å²) in [5.74, 6) is 0.0311. The van der Waals surface area contributed by atoms with E-state index >= 15 is 0 Å². The maximum Gasteiger partial charge on any atom is 0.307 e. The smallest absolute Gasteiger partial charge is 0.307 e. The van der Waals surface area contributed by atoms with Gasteiger partial charge in [-0.2, -0.15) is 0 Å². The van der Waals surface area contributed by atoms with Crippen LogP contribution in [-0.4, -0.2) is 41.6 Å². The van der Waals surface area contributed by atoms with Gasteiger partial charge in [0, 0.05) is 22.2 Å². The molecule has 1 aromatic heterocycles. The normalized spacial score (nSPS) is 15.0. The van der Waals surface area contributed by atoms with Crippen molar-refractivity contribution in [3.05, 3.63) is 92.5 Å². The molecule has 0 spiro atoms. The molecule has 0 saturated carbocycles. The quantitative estimate of drug-likeness (QED) is 0.699. The molecule has 29 heavy (non-hydrogen) atoms. The number of thiazole rings is 1. The molecule has 0 aliphatic carbocycles. The molecule has 0 unspecified atom stereocenters. The zero-order valence-corrected chi connectivity index (χ0v) is 17.4. The topological polar surface area (TPSA) is 46.8 Å². The molecule has 1 amide bonds. The molecule has 2 heterocycles. The zero-order valence-electron chi connectivity index (χ0n) is 16.6. The first-order valence-electron chi connectivity index (χ1n) is 10.0. The predicted octanol–water partition coefficient (Wildman–Crippen LogP) is 1.73. The largest absolute Gasteiger partial charge is 0.330 e. The Morgan fingerprint density at radius 3 is 2.03 bits per heavy atom. The van der Waals surface area contributed by atoms with Crippen LogP contribution in [0, 0.1) is 6.92 Å². The molecular weight excluding hydrogens is 382 g/mol. The third-order valence-electron chi connectivity index (χ3n) is 5.70. The Morgan fingerprint density at radius 1 is 1.00 bits per heavy atom. The Hall–Kier alpha value is -2.70. The zero-order chi connectivity index (χ0) is 20.2. The van der Waals surface area contributed by atoms with Crippen molar-refractivity contribution in [3.63, 3.8) is 0 Å². The van der Waals surface area contributed by atoms with Crippen LogP contribution < -0.4 is 9.77 Å². The number of hydrogen-bond donors (Lipinski definition) is 1. The van der Waals surface area contributed by atoms with Gasteiger partial charge < -0.3 is 9.80 Å². The van der Waals surface area contributed by atoms with Gasteiger partial charge in [0.1, 0.15) is 12.6 Å². The number of rotatable bonds is 5. The van der Waals surface area contributed by atoms with Gasteiger partial charge >= 0.3 is 4.87 Å². The van der Waals surface area contributed by atoms with Gasteiger partial charge in [0.15, 0.2) is 0 Å². The lowest BCUT2D eigenvalue weighted by Crippen LogP contribution is -3.15. The molecule has 2 aromatic carbocycles. The minimum atomic E-state index is -0.0617. The maximum atomic E-state index is 12.7. The molecule has 0 radical (unpaired) electrons. The van der Waals surface area contributed by atoms with Gasteiger partial charge in [0.25, 0.3) is 0 Å². The number of nitrogens with one attached hydrogen (secondary N) is 1. The maximum absolute atomic E-state index is 12.7. The van der Waals surface area contributed by atoms with Crippen molar-refractivity contribution in [1.29, 1.82) is 0 Å². The van der Waals surface area contributed by atoms with Crippen LogP contribution in [0.15, 0.2) is 70.8 Å². The third kappa shape index (κ3) is 4.33. The van der Waals surface area contributed by atoms with Crippen molar-refractivity contribution in [2.45, 2.75) is 19.5 Å². The lowest BCUT2D eigenvalue weighted by molar-refractivity contribution is -0.929. The summed E-state index contributed by atoms with van der Waals surface area (Å²) in [5, 5.41) is 1.81. The molecule has 150 valence electrons. The summed E-state index contributed by atoms with van der Waals surface area (Å²) >= 11 is 1.15. The average molecular weight is 409 g/mol. The van der Waals surface area contributed by atoms with Crippen LogP contribution in [-0.2, 0) is 11.3 Å². The van der Waals surface area contributed by atoms with E-state index in [9.17, 15) is 9.59 Å². The first-order valence-corrected chi connectivity index (χ1v) is 10.9. The molecule has 0 bridgehead atoms. The number of quaternary nitrogens is 1. The summed E-state index contributed by atoms with van der Waals surface area (Å²) in [7, 11) is 0. The lowest BCUT2D eigenvalue weighted by atomic mass is 9.96. The van der Waals surface area contributed by atoms with E-state index in [4.69, 9.17) is 0 Å². The fourth-order valence-corrected chi connectivity index (χ4v) is 4.85. The molecule has 0 atom stereocenters. The molecule has 1 aliphatic rings. The van der Waals surface area contributed by atoms with Gasteiger partial charge in [-0.15, -0.1) is 0 Å². The van der Waals surface area contributed by atoms with Crippen LogP contribution in [0.4, 0.5) is 0 Å². The number of carbonyl (C=O) groups excluding carboxylic acids is 1. The van der Waals surface area contributed by atoms with Crippen molar-refractivity contribution in [1.82, 2.24) is 9.47 Å². The number of aryl methyl sites for hydroxylation is 1. The fraction of sp³-hybridized carbons (Fsp3) is 0.304. The summed E-state index contributed by atoms with van der Waals surface area (Å²) in [4.78, 5) is 28.0. The van der Waals surface area contributed by atoms with Crippen LogP contribution in [0.1, 0.15) is 22.9 Å². The highest BCUT2D eigenvalue weighted by molar-refractivity contribution is 7.07. The molecule has 4 rings (SSSR count). The Bertz CT molecular complexity index is 966. The molecule has 1 aliphatic heterocycles. The number of nitrogens with zero attached hydrogens (tertiary/aromatic N) is 2. The number of aromatic nitrogens is 1. The van der Waals surface area contributed by atoms with Gasteiger partial charge in [-0.3, -0.25) is 14.2 Å². The number of hydrogen-bond acceptors (Lipinski definition) is 3. The second kappa shape index (κ2) is 8.76. The SMILES string of the molecule is Cc1csc(=O)n1CC(=O)N1CC[NH+](C(c2ccccc2)c2ccccc2)CC1. The first-order chi connectivity index (χ1) is 14.1. The lowest BCUT2D eigenvalue weighted by Gasteiger charge is -2.37. The molecule has 1 saturated heterocycles. The second-order valence-corrected chi connectivity index (χ2v) is 8.34. The summed E-state index contributed by atoms with van der Waals surface area (Å²) in [6.07, 6.45) is 0. The number of amides is 1. The standard InChI is InChI=1S/C23H25N3O2S/c1-18-17-29-23(28)26(18)16-21(27)24-12-14-25(15-13-24)22(19-8-4-2-5-9-19)20-10-6-3-7-11-20/h2-11,17,22H,12-16H2,1H3/p+1. The van der Waals surface area contributed by atoms with E-state index in [1.165, 1.54) is 16.0 Å². The summed E-state index contributed by atoms with van der Waals surface area (Å²) in [6.45, 7) is 5.21. The Kier molecular flexibility index (Phi) is 5.92. The van der Waals surface area contributed by atoms with E-state index in [1.807, 2.05) is 29.3 Å².